The first-order chi connectivity index (χ1) is 10.2. The van der Waals surface area contributed by atoms with E-state index in [1.807, 2.05) is 12.1 Å². The maximum atomic E-state index is 12.8. The maximum absolute atomic E-state index is 12.8. The lowest BCUT2D eigenvalue weighted by molar-refractivity contribution is 0.400. The van der Waals surface area contributed by atoms with Crippen LogP contribution < -0.4 is 4.31 Å². The number of para-hydroxylation sites is 2. The third-order valence-corrected chi connectivity index (χ3v) is 4.54. The van der Waals surface area contributed by atoms with Crippen LogP contribution in [-0.4, -0.2) is 13.6 Å². The number of benzene rings is 2. The summed E-state index contributed by atoms with van der Waals surface area (Å²) in [7, 11) is -3.84. The molecule has 0 aliphatic carbocycles. The predicted molar refractivity (Wildman–Crippen MR) is 78.7 cm³/mol. The number of nitrogens with zero attached hydrogens (tertiary/aromatic N) is 2. The molecule has 21 heavy (non-hydrogen) atoms. The summed E-state index contributed by atoms with van der Waals surface area (Å²) in [6.07, 6.45) is 1.24. The van der Waals surface area contributed by atoms with Gasteiger partial charge in [-0.25, -0.2) is 4.31 Å². The van der Waals surface area contributed by atoms with Crippen molar-refractivity contribution in [2.24, 2.45) is 0 Å². The molecule has 0 saturated heterocycles. The Morgan fingerprint density at radius 3 is 1.76 bits per heavy atom. The minimum absolute atomic E-state index is 0.129. The summed E-state index contributed by atoms with van der Waals surface area (Å²) in [5.74, 6) is 0. The van der Waals surface area contributed by atoms with Crippen LogP contribution in [0.1, 0.15) is 0 Å². The first kappa shape index (κ1) is 13.4. The number of sulfonamides is 1. The second-order valence-corrected chi connectivity index (χ2v) is 6.01. The average Bonchev–Trinajstić information content (AvgIpc) is 3.04. The Morgan fingerprint density at radius 1 is 0.810 bits per heavy atom. The SMILES string of the molecule is O=S(=O)(c1ccon1)N(c1ccccc1)c1ccccc1. The molecule has 0 radical (unpaired) electrons. The van der Waals surface area contributed by atoms with Gasteiger partial charge in [0.2, 0.25) is 5.03 Å². The Bertz CT molecular complexity index is 761. The van der Waals surface area contributed by atoms with Crippen molar-refractivity contribution in [1.29, 1.82) is 0 Å². The van der Waals surface area contributed by atoms with Gasteiger partial charge in [-0.3, -0.25) is 0 Å². The first-order valence-corrected chi connectivity index (χ1v) is 7.69. The lowest BCUT2D eigenvalue weighted by atomic mass is 10.3. The second-order valence-electron chi connectivity index (χ2n) is 4.28. The molecular weight excluding hydrogens is 288 g/mol. The lowest BCUT2D eigenvalue weighted by Crippen LogP contribution is -2.26. The van der Waals surface area contributed by atoms with E-state index in [2.05, 4.69) is 9.68 Å². The van der Waals surface area contributed by atoms with Crippen molar-refractivity contribution in [1.82, 2.24) is 5.16 Å². The molecule has 0 aliphatic heterocycles. The van der Waals surface area contributed by atoms with Gasteiger partial charge in [0, 0.05) is 6.07 Å². The fraction of sp³-hybridized carbons (Fsp3) is 0. The molecule has 0 amide bonds. The molecule has 3 aromatic rings. The van der Waals surface area contributed by atoms with E-state index in [1.165, 1.54) is 16.6 Å². The van der Waals surface area contributed by atoms with E-state index >= 15 is 0 Å². The van der Waals surface area contributed by atoms with Crippen LogP contribution in [0.25, 0.3) is 0 Å². The van der Waals surface area contributed by atoms with Crippen molar-refractivity contribution in [3.05, 3.63) is 73.0 Å². The molecule has 0 spiro atoms. The Kier molecular flexibility index (Phi) is 3.45. The predicted octanol–water partition coefficient (Wildman–Crippen LogP) is 3.20. The number of anilines is 2. The standard InChI is InChI=1S/C15H12N2O3S/c18-21(19,15-11-12-20-16-15)17(13-7-3-1-4-8-13)14-9-5-2-6-10-14/h1-12H. The number of rotatable bonds is 4. The molecule has 1 aromatic heterocycles. The lowest BCUT2D eigenvalue weighted by Gasteiger charge is -2.23. The highest BCUT2D eigenvalue weighted by atomic mass is 32.2. The smallest absolute Gasteiger partial charge is 0.289 e. The Morgan fingerprint density at radius 2 is 1.33 bits per heavy atom. The van der Waals surface area contributed by atoms with Gasteiger partial charge < -0.3 is 4.52 Å². The average molecular weight is 300 g/mol. The zero-order valence-corrected chi connectivity index (χ0v) is 11.8. The second kappa shape index (κ2) is 5.41. The van der Waals surface area contributed by atoms with Crippen molar-refractivity contribution in [2.75, 3.05) is 4.31 Å². The van der Waals surface area contributed by atoms with Crippen molar-refractivity contribution in [2.45, 2.75) is 5.03 Å². The summed E-state index contributed by atoms with van der Waals surface area (Å²) < 4.78 is 31.5. The highest BCUT2D eigenvalue weighted by molar-refractivity contribution is 7.93. The maximum Gasteiger partial charge on any atom is 0.289 e. The van der Waals surface area contributed by atoms with Gasteiger partial charge in [-0.2, -0.15) is 8.42 Å². The van der Waals surface area contributed by atoms with Crippen LogP contribution in [-0.2, 0) is 10.0 Å². The molecule has 0 aliphatic rings. The molecule has 106 valence electrons. The van der Waals surface area contributed by atoms with Crippen LogP contribution in [0.2, 0.25) is 0 Å². The zero-order chi connectivity index (χ0) is 14.7. The van der Waals surface area contributed by atoms with Crippen LogP contribution in [0.4, 0.5) is 11.4 Å². The highest BCUT2D eigenvalue weighted by Crippen LogP contribution is 2.31. The molecule has 6 heteroatoms. The van der Waals surface area contributed by atoms with E-state index in [0.29, 0.717) is 11.4 Å². The fourth-order valence-electron chi connectivity index (χ4n) is 1.98. The quantitative estimate of drug-likeness (QED) is 0.742. The molecule has 1 heterocycles. The van der Waals surface area contributed by atoms with Gasteiger partial charge in [-0.15, -0.1) is 0 Å². The normalized spacial score (nSPS) is 11.2. The van der Waals surface area contributed by atoms with Crippen LogP contribution >= 0.6 is 0 Å². The zero-order valence-electron chi connectivity index (χ0n) is 11.0. The van der Waals surface area contributed by atoms with Crippen molar-refractivity contribution < 1.29 is 12.9 Å². The summed E-state index contributed by atoms with van der Waals surface area (Å²) in [5.41, 5.74) is 1.07. The summed E-state index contributed by atoms with van der Waals surface area (Å²) in [6, 6.07) is 19.0. The van der Waals surface area contributed by atoms with Gasteiger partial charge in [0.25, 0.3) is 10.0 Å². The van der Waals surface area contributed by atoms with Crippen LogP contribution in [0, 0.1) is 0 Å². The Balaban J connectivity index is 2.19. The fourth-order valence-corrected chi connectivity index (χ4v) is 3.33. The van der Waals surface area contributed by atoms with Crippen molar-refractivity contribution >= 4 is 21.4 Å². The van der Waals surface area contributed by atoms with E-state index in [1.54, 1.807) is 48.5 Å². The van der Waals surface area contributed by atoms with E-state index in [9.17, 15) is 8.42 Å². The van der Waals surface area contributed by atoms with E-state index in [4.69, 9.17) is 0 Å². The monoisotopic (exact) mass is 300 g/mol. The number of hydrogen-bond acceptors (Lipinski definition) is 4. The van der Waals surface area contributed by atoms with Gasteiger partial charge >= 0.3 is 0 Å². The molecule has 0 saturated carbocycles. The van der Waals surface area contributed by atoms with E-state index in [0.717, 1.165) is 0 Å². The number of hydrogen-bond donors (Lipinski definition) is 0. The van der Waals surface area contributed by atoms with Gasteiger partial charge in [0.1, 0.15) is 6.26 Å². The van der Waals surface area contributed by atoms with Crippen molar-refractivity contribution in [3.63, 3.8) is 0 Å². The molecule has 0 N–H and O–H groups in total. The molecule has 0 atom stereocenters. The summed E-state index contributed by atoms with van der Waals surface area (Å²) in [6.45, 7) is 0. The van der Waals surface area contributed by atoms with E-state index < -0.39 is 10.0 Å². The van der Waals surface area contributed by atoms with Crippen molar-refractivity contribution in [3.8, 4) is 0 Å². The van der Waals surface area contributed by atoms with Gasteiger partial charge in [-0.1, -0.05) is 41.6 Å². The van der Waals surface area contributed by atoms with Gasteiger partial charge in [-0.05, 0) is 24.3 Å². The molecule has 0 unspecified atom stereocenters. The summed E-state index contributed by atoms with van der Waals surface area (Å²) >= 11 is 0. The molecular formula is C15H12N2O3S. The third-order valence-electron chi connectivity index (χ3n) is 2.90. The molecule has 0 fully saturated rings. The van der Waals surface area contributed by atoms with E-state index in [-0.39, 0.29) is 5.03 Å². The minimum atomic E-state index is -3.84. The largest absolute Gasteiger partial charge is 0.363 e. The Hall–Kier alpha value is -2.60. The van der Waals surface area contributed by atoms with Crippen LogP contribution in [0.3, 0.4) is 0 Å². The minimum Gasteiger partial charge on any atom is -0.363 e. The molecule has 3 rings (SSSR count). The van der Waals surface area contributed by atoms with Crippen LogP contribution in [0.5, 0.6) is 0 Å². The molecule has 5 nitrogen and oxygen atoms in total. The summed E-state index contributed by atoms with van der Waals surface area (Å²) in [5, 5.41) is 3.43. The Labute approximate surface area is 122 Å². The highest BCUT2D eigenvalue weighted by Gasteiger charge is 2.28. The number of aromatic nitrogens is 1. The van der Waals surface area contributed by atoms with Crippen LogP contribution in [0.15, 0.2) is 82.5 Å². The molecule has 0 bridgehead atoms. The van der Waals surface area contributed by atoms with Gasteiger partial charge in [0.15, 0.2) is 0 Å². The topological polar surface area (TPSA) is 63.4 Å². The molecule has 2 aromatic carbocycles. The third kappa shape index (κ3) is 2.53. The van der Waals surface area contributed by atoms with Gasteiger partial charge in [0.05, 0.1) is 11.4 Å². The first-order valence-electron chi connectivity index (χ1n) is 6.25. The summed E-state index contributed by atoms with van der Waals surface area (Å²) in [4.78, 5) is 0.